The van der Waals surface area contributed by atoms with E-state index in [9.17, 15) is 0 Å². The fourth-order valence-corrected chi connectivity index (χ4v) is 1.18. The van der Waals surface area contributed by atoms with E-state index in [2.05, 4.69) is 39.8 Å². The first-order valence-corrected chi connectivity index (χ1v) is 5.91. The van der Waals surface area contributed by atoms with Crippen LogP contribution in [0, 0.1) is 11.8 Å². The Morgan fingerprint density at radius 3 is 2.50 bits per heavy atom. The van der Waals surface area contributed by atoms with Crippen LogP contribution in [-0.4, -0.2) is 13.2 Å². The van der Waals surface area contributed by atoms with Crippen molar-refractivity contribution < 1.29 is 4.74 Å². The molecule has 0 heterocycles. The number of ether oxygens (including phenoxy) is 1. The van der Waals surface area contributed by atoms with Gasteiger partial charge < -0.3 is 4.74 Å². The standard InChI is InChI=1S/C13H26O/c1-5-6-10-14-11-13(4)9-7-8-12(2)3/h7-8,12-13H,5-6,9-11H2,1-4H3. The zero-order valence-corrected chi connectivity index (χ0v) is 10.3. The Balaban J connectivity index is 3.32. The van der Waals surface area contributed by atoms with Gasteiger partial charge in [-0.15, -0.1) is 0 Å². The molecule has 1 atom stereocenters. The van der Waals surface area contributed by atoms with Crippen LogP contribution in [0.5, 0.6) is 0 Å². The molecular formula is C13H26O. The Hall–Kier alpha value is -0.300. The molecule has 0 saturated heterocycles. The van der Waals surface area contributed by atoms with E-state index >= 15 is 0 Å². The first-order valence-electron chi connectivity index (χ1n) is 5.91. The van der Waals surface area contributed by atoms with Crippen molar-refractivity contribution >= 4 is 0 Å². The highest BCUT2D eigenvalue weighted by atomic mass is 16.5. The van der Waals surface area contributed by atoms with Crippen molar-refractivity contribution in [3.63, 3.8) is 0 Å². The lowest BCUT2D eigenvalue weighted by atomic mass is 10.1. The molecule has 0 radical (unpaired) electrons. The van der Waals surface area contributed by atoms with Crippen molar-refractivity contribution in [3.05, 3.63) is 12.2 Å². The minimum Gasteiger partial charge on any atom is -0.381 e. The van der Waals surface area contributed by atoms with Crippen LogP contribution in [0.2, 0.25) is 0 Å². The molecule has 0 aromatic carbocycles. The summed E-state index contributed by atoms with van der Waals surface area (Å²) in [5.41, 5.74) is 0. The number of hydrogen-bond acceptors (Lipinski definition) is 1. The van der Waals surface area contributed by atoms with E-state index in [0.717, 1.165) is 19.6 Å². The number of hydrogen-bond donors (Lipinski definition) is 0. The average molecular weight is 198 g/mol. The zero-order chi connectivity index (χ0) is 10.8. The predicted octanol–water partition coefficient (Wildman–Crippen LogP) is 4.04. The first-order chi connectivity index (χ1) is 6.66. The molecule has 0 rings (SSSR count). The maximum absolute atomic E-state index is 5.56. The molecule has 1 nitrogen and oxygen atoms in total. The van der Waals surface area contributed by atoms with Crippen molar-refractivity contribution in [2.24, 2.45) is 11.8 Å². The van der Waals surface area contributed by atoms with Crippen molar-refractivity contribution in [1.82, 2.24) is 0 Å². The van der Waals surface area contributed by atoms with Gasteiger partial charge in [0, 0.05) is 13.2 Å². The predicted molar refractivity (Wildman–Crippen MR) is 63.5 cm³/mol. The summed E-state index contributed by atoms with van der Waals surface area (Å²) >= 11 is 0. The molecule has 14 heavy (non-hydrogen) atoms. The van der Waals surface area contributed by atoms with Crippen LogP contribution < -0.4 is 0 Å². The minimum absolute atomic E-state index is 0.654. The summed E-state index contributed by atoms with van der Waals surface area (Å²) in [5, 5.41) is 0. The molecule has 0 fully saturated rings. The monoisotopic (exact) mass is 198 g/mol. The third-order valence-corrected chi connectivity index (χ3v) is 2.10. The SMILES string of the molecule is CCCCOCC(C)CC=CC(C)C. The van der Waals surface area contributed by atoms with Gasteiger partial charge in [0.15, 0.2) is 0 Å². The van der Waals surface area contributed by atoms with Gasteiger partial charge in [0.05, 0.1) is 0 Å². The molecule has 0 aliphatic heterocycles. The summed E-state index contributed by atoms with van der Waals surface area (Å²) in [5.74, 6) is 1.32. The maximum atomic E-state index is 5.56. The van der Waals surface area contributed by atoms with Gasteiger partial charge in [-0.1, -0.05) is 46.3 Å². The van der Waals surface area contributed by atoms with E-state index in [1.807, 2.05) is 0 Å². The molecule has 1 unspecified atom stereocenters. The second kappa shape index (κ2) is 9.26. The number of rotatable bonds is 8. The van der Waals surface area contributed by atoms with Crippen molar-refractivity contribution in [2.45, 2.75) is 47.0 Å². The smallest absolute Gasteiger partial charge is 0.0494 e. The highest BCUT2D eigenvalue weighted by molar-refractivity contribution is 4.85. The van der Waals surface area contributed by atoms with Crippen LogP contribution in [0.3, 0.4) is 0 Å². The molecule has 0 spiro atoms. The van der Waals surface area contributed by atoms with E-state index in [1.165, 1.54) is 12.8 Å². The van der Waals surface area contributed by atoms with Gasteiger partial charge in [0.2, 0.25) is 0 Å². The first kappa shape index (κ1) is 13.7. The lowest BCUT2D eigenvalue weighted by molar-refractivity contribution is 0.103. The highest BCUT2D eigenvalue weighted by Crippen LogP contribution is 2.05. The third-order valence-electron chi connectivity index (χ3n) is 2.10. The topological polar surface area (TPSA) is 9.23 Å². The minimum atomic E-state index is 0.654. The lowest BCUT2D eigenvalue weighted by Crippen LogP contribution is -2.05. The fourth-order valence-electron chi connectivity index (χ4n) is 1.18. The van der Waals surface area contributed by atoms with Crippen LogP contribution in [-0.2, 0) is 4.74 Å². The molecule has 84 valence electrons. The van der Waals surface area contributed by atoms with E-state index < -0.39 is 0 Å². The Kier molecular flexibility index (Phi) is 9.06. The summed E-state index contributed by atoms with van der Waals surface area (Å²) in [6.45, 7) is 10.7. The molecule has 1 heteroatoms. The summed E-state index contributed by atoms with van der Waals surface area (Å²) in [4.78, 5) is 0. The van der Waals surface area contributed by atoms with E-state index in [1.54, 1.807) is 0 Å². The van der Waals surface area contributed by atoms with Crippen molar-refractivity contribution in [2.75, 3.05) is 13.2 Å². The lowest BCUT2D eigenvalue weighted by Gasteiger charge is -2.09. The second-order valence-electron chi connectivity index (χ2n) is 4.44. The molecule has 0 aliphatic rings. The van der Waals surface area contributed by atoms with Gasteiger partial charge in [-0.25, -0.2) is 0 Å². The molecule has 0 bridgehead atoms. The fraction of sp³-hybridized carbons (Fsp3) is 0.846. The number of unbranched alkanes of at least 4 members (excludes halogenated alkanes) is 1. The molecule has 0 aliphatic carbocycles. The van der Waals surface area contributed by atoms with Gasteiger partial charge in [0.25, 0.3) is 0 Å². The quantitative estimate of drug-likeness (QED) is 0.422. The zero-order valence-electron chi connectivity index (χ0n) is 10.3. The Morgan fingerprint density at radius 2 is 1.93 bits per heavy atom. The number of allylic oxidation sites excluding steroid dienone is 2. The van der Waals surface area contributed by atoms with Crippen LogP contribution >= 0.6 is 0 Å². The van der Waals surface area contributed by atoms with Gasteiger partial charge in [0.1, 0.15) is 0 Å². The van der Waals surface area contributed by atoms with E-state index in [4.69, 9.17) is 4.74 Å². The summed E-state index contributed by atoms with van der Waals surface area (Å²) < 4.78 is 5.56. The van der Waals surface area contributed by atoms with Crippen molar-refractivity contribution in [1.29, 1.82) is 0 Å². The molecule has 0 N–H and O–H groups in total. The van der Waals surface area contributed by atoms with Crippen LogP contribution in [0.1, 0.15) is 47.0 Å². The Labute approximate surface area is 89.5 Å². The summed E-state index contributed by atoms with van der Waals surface area (Å²) in [6.07, 6.45) is 8.10. The van der Waals surface area contributed by atoms with Crippen LogP contribution in [0.15, 0.2) is 12.2 Å². The third kappa shape index (κ3) is 9.79. The van der Waals surface area contributed by atoms with Gasteiger partial charge in [-0.05, 0) is 24.7 Å². The van der Waals surface area contributed by atoms with Crippen LogP contribution in [0.25, 0.3) is 0 Å². The van der Waals surface area contributed by atoms with Gasteiger partial charge in [-0.2, -0.15) is 0 Å². The van der Waals surface area contributed by atoms with Crippen LogP contribution in [0.4, 0.5) is 0 Å². The molecule has 0 aromatic heterocycles. The molecule has 0 saturated carbocycles. The summed E-state index contributed by atoms with van der Waals surface area (Å²) in [6, 6.07) is 0. The van der Waals surface area contributed by atoms with E-state index in [-0.39, 0.29) is 0 Å². The summed E-state index contributed by atoms with van der Waals surface area (Å²) in [7, 11) is 0. The van der Waals surface area contributed by atoms with Crippen molar-refractivity contribution in [3.8, 4) is 0 Å². The Morgan fingerprint density at radius 1 is 1.21 bits per heavy atom. The Bertz CT molecular complexity index is 138. The normalized spacial score (nSPS) is 14.1. The highest BCUT2D eigenvalue weighted by Gasteiger charge is 1.99. The maximum Gasteiger partial charge on any atom is 0.0494 e. The van der Waals surface area contributed by atoms with Gasteiger partial charge >= 0.3 is 0 Å². The molecule has 0 aromatic rings. The average Bonchev–Trinajstić information content (AvgIpc) is 2.12. The van der Waals surface area contributed by atoms with Gasteiger partial charge in [-0.3, -0.25) is 0 Å². The largest absolute Gasteiger partial charge is 0.381 e. The molecule has 0 amide bonds. The molecular weight excluding hydrogens is 172 g/mol. The second-order valence-corrected chi connectivity index (χ2v) is 4.44. The van der Waals surface area contributed by atoms with E-state index in [0.29, 0.717) is 11.8 Å².